The fourth-order valence-corrected chi connectivity index (χ4v) is 3.07. The molecule has 27 heavy (non-hydrogen) atoms. The van der Waals surface area contributed by atoms with Gasteiger partial charge in [-0.2, -0.15) is 20.1 Å². The van der Waals surface area contributed by atoms with Gasteiger partial charge in [-0.25, -0.2) is 4.79 Å². The largest absolute Gasteiger partial charge is 0.504 e. The number of halogens is 2. The number of anilines is 1. The van der Waals surface area contributed by atoms with Crippen molar-refractivity contribution >= 4 is 41.1 Å². The van der Waals surface area contributed by atoms with E-state index in [4.69, 9.17) is 27.9 Å². The van der Waals surface area contributed by atoms with Crippen LogP contribution in [-0.2, 0) is 0 Å². The Morgan fingerprint density at radius 1 is 1.30 bits per heavy atom. The summed E-state index contributed by atoms with van der Waals surface area (Å²) in [5.41, 5.74) is 1.27. The zero-order valence-corrected chi connectivity index (χ0v) is 15.3. The molecule has 1 fully saturated rings. The number of hydrogen-bond donors (Lipinski definition) is 2. The van der Waals surface area contributed by atoms with E-state index in [2.05, 4.69) is 27.0 Å². The molecule has 2 aliphatic rings. The molecule has 4 rings (SSSR count). The van der Waals surface area contributed by atoms with Crippen molar-refractivity contribution in [2.45, 2.75) is 18.8 Å². The van der Waals surface area contributed by atoms with Gasteiger partial charge in [0, 0.05) is 5.92 Å². The number of rotatable bonds is 4. The normalized spacial score (nSPS) is 16.4. The molecular formula is C17H13Cl2N5O3. The minimum Gasteiger partial charge on any atom is -0.504 e. The second-order valence-electron chi connectivity index (χ2n) is 6.05. The third-order valence-corrected chi connectivity index (χ3v) is 4.51. The lowest BCUT2D eigenvalue weighted by Crippen LogP contribution is -2.40. The van der Waals surface area contributed by atoms with Gasteiger partial charge in [0.25, 0.3) is 0 Å². The number of amides is 2. The molecule has 0 unspecified atom stereocenters. The van der Waals surface area contributed by atoms with Crippen molar-refractivity contribution < 1.29 is 14.6 Å². The summed E-state index contributed by atoms with van der Waals surface area (Å²) in [6.45, 7) is 3.61. The molecular weight excluding hydrogens is 393 g/mol. The maximum Gasteiger partial charge on any atom is 0.347 e. The van der Waals surface area contributed by atoms with E-state index in [9.17, 15) is 9.90 Å². The number of nitrogens with one attached hydrogen (secondary N) is 1. The molecule has 2 amide bonds. The van der Waals surface area contributed by atoms with E-state index in [-0.39, 0.29) is 33.5 Å². The smallest absolute Gasteiger partial charge is 0.347 e. The molecule has 1 aliphatic carbocycles. The Morgan fingerprint density at radius 3 is 2.63 bits per heavy atom. The lowest BCUT2D eigenvalue weighted by atomic mass is 10.2. The Labute approximate surface area is 164 Å². The summed E-state index contributed by atoms with van der Waals surface area (Å²) in [5, 5.41) is 17.8. The second-order valence-corrected chi connectivity index (χ2v) is 6.86. The zero-order chi connectivity index (χ0) is 19.1. The highest BCUT2D eigenvalue weighted by Gasteiger charge is 2.29. The number of hydrogen-bond acceptors (Lipinski definition) is 6. The molecule has 2 heterocycles. The van der Waals surface area contributed by atoms with Crippen LogP contribution in [0, 0.1) is 0 Å². The van der Waals surface area contributed by atoms with Crippen LogP contribution in [0.15, 0.2) is 35.7 Å². The highest BCUT2D eigenvalue weighted by Crippen LogP contribution is 2.44. The number of aromatic hydroxyl groups is 1. The predicted octanol–water partition coefficient (Wildman–Crippen LogP) is 4.19. The van der Waals surface area contributed by atoms with E-state index in [0.29, 0.717) is 17.1 Å². The monoisotopic (exact) mass is 405 g/mol. The molecule has 0 bridgehead atoms. The Morgan fingerprint density at radius 2 is 2.00 bits per heavy atom. The highest BCUT2D eigenvalue weighted by molar-refractivity contribution is 6.37. The summed E-state index contributed by atoms with van der Waals surface area (Å²) in [7, 11) is 0. The van der Waals surface area contributed by atoms with Gasteiger partial charge in [0.05, 0.1) is 39.5 Å². The van der Waals surface area contributed by atoms with Crippen molar-refractivity contribution in [3.8, 4) is 17.5 Å². The van der Waals surface area contributed by atoms with Crippen LogP contribution in [0.25, 0.3) is 0 Å². The number of allylic oxidation sites excluding steroid dienone is 1. The summed E-state index contributed by atoms with van der Waals surface area (Å²) in [4.78, 5) is 20.2. The third-order valence-electron chi connectivity index (χ3n) is 3.95. The van der Waals surface area contributed by atoms with Crippen molar-refractivity contribution in [2.75, 3.05) is 5.01 Å². The predicted molar refractivity (Wildman–Crippen MR) is 101 cm³/mol. The molecule has 0 atom stereocenters. The average molecular weight is 406 g/mol. The van der Waals surface area contributed by atoms with Crippen molar-refractivity contribution in [3.63, 3.8) is 0 Å². The minimum atomic E-state index is -0.487. The summed E-state index contributed by atoms with van der Waals surface area (Å²) in [6.07, 6.45) is 4.61. The number of urea groups is 1. The molecule has 1 aromatic carbocycles. The first-order valence-corrected chi connectivity index (χ1v) is 8.75. The highest BCUT2D eigenvalue weighted by atomic mass is 35.5. The number of nitrogens with zero attached hydrogens (tertiary/aromatic N) is 4. The van der Waals surface area contributed by atoms with Gasteiger partial charge in [-0.1, -0.05) is 29.8 Å². The SMILES string of the molecule is C=C1C=NN(c2cc(Cl)c(Oc3ncc(O)c(C4CC4)n3)c(Cl)c2)C(=O)N1. The number of aromatic nitrogens is 2. The zero-order valence-electron chi connectivity index (χ0n) is 13.8. The molecule has 8 nitrogen and oxygen atoms in total. The van der Waals surface area contributed by atoms with E-state index in [1.807, 2.05) is 0 Å². The molecule has 1 aromatic heterocycles. The minimum absolute atomic E-state index is 0.0243. The van der Waals surface area contributed by atoms with Crippen LogP contribution >= 0.6 is 23.2 Å². The van der Waals surface area contributed by atoms with E-state index >= 15 is 0 Å². The first-order valence-electron chi connectivity index (χ1n) is 7.99. The van der Waals surface area contributed by atoms with Crippen molar-refractivity contribution in [1.82, 2.24) is 15.3 Å². The van der Waals surface area contributed by atoms with Gasteiger partial charge in [0.1, 0.15) is 0 Å². The summed E-state index contributed by atoms with van der Waals surface area (Å²) >= 11 is 12.6. The topological polar surface area (TPSA) is 99.9 Å². The van der Waals surface area contributed by atoms with Crippen molar-refractivity contribution in [2.24, 2.45) is 5.10 Å². The second kappa shape index (κ2) is 6.71. The fraction of sp³-hybridized carbons (Fsp3) is 0.176. The Balaban J connectivity index is 1.63. The third kappa shape index (κ3) is 3.54. The quantitative estimate of drug-likeness (QED) is 0.793. The molecule has 1 aliphatic heterocycles. The Kier molecular flexibility index (Phi) is 4.37. The van der Waals surface area contributed by atoms with Gasteiger partial charge >= 0.3 is 12.0 Å². The van der Waals surface area contributed by atoms with E-state index in [0.717, 1.165) is 17.9 Å². The molecule has 0 spiro atoms. The van der Waals surface area contributed by atoms with Gasteiger partial charge in [0.2, 0.25) is 0 Å². The summed E-state index contributed by atoms with van der Waals surface area (Å²) in [5.74, 6) is 0.391. The van der Waals surface area contributed by atoms with E-state index in [1.165, 1.54) is 24.5 Å². The van der Waals surface area contributed by atoms with Gasteiger partial charge in [-0.3, -0.25) is 0 Å². The lowest BCUT2D eigenvalue weighted by Gasteiger charge is -2.22. The standard InChI is InChI=1S/C17H13Cl2N5O3/c1-8-6-21-24(17(26)22-8)10-4-11(18)15(12(19)5-10)27-16-20-7-13(25)14(23-16)9-2-3-9/h4-7,9,25H,1-3H2,(H,22,26). The Bertz CT molecular complexity index is 968. The molecule has 0 radical (unpaired) electrons. The van der Waals surface area contributed by atoms with Crippen LogP contribution in [0.4, 0.5) is 10.5 Å². The van der Waals surface area contributed by atoms with Gasteiger partial charge < -0.3 is 15.2 Å². The maximum absolute atomic E-state index is 12.0. The van der Waals surface area contributed by atoms with Crippen LogP contribution in [0.5, 0.6) is 17.5 Å². The van der Waals surface area contributed by atoms with Crippen LogP contribution in [0.2, 0.25) is 10.0 Å². The molecule has 1 saturated carbocycles. The average Bonchev–Trinajstić information content (AvgIpc) is 3.44. The molecule has 10 heteroatoms. The van der Waals surface area contributed by atoms with Gasteiger partial charge in [0.15, 0.2) is 11.5 Å². The lowest BCUT2D eigenvalue weighted by molar-refractivity contribution is 0.248. The molecule has 2 aromatic rings. The van der Waals surface area contributed by atoms with E-state index < -0.39 is 6.03 Å². The van der Waals surface area contributed by atoms with Crippen LogP contribution in [0.3, 0.4) is 0 Å². The number of carbonyl (C=O) groups excluding carboxylic acids is 1. The number of carbonyl (C=O) groups is 1. The molecule has 0 saturated heterocycles. The van der Waals surface area contributed by atoms with Crippen molar-refractivity contribution in [3.05, 3.63) is 46.3 Å². The molecule has 2 N–H and O–H groups in total. The summed E-state index contributed by atoms with van der Waals surface area (Å²) in [6, 6.07) is 2.50. The number of hydrazone groups is 1. The van der Waals surface area contributed by atoms with Gasteiger partial charge in [-0.15, -0.1) is 0 Å². The van der Waals surface area contributed by atoms with E-state index in [1.54, 1.807) is 0 Å². The first-order chi connectivity index (χ1) is 12.9. The Hall–Kier alpha value is -2.84. The number of ether oxygens (including phenoxy) is 1. The van der Waals surface area contributed by atoms with Crippen LogP contribution < -0.4 is 15.1 Å². The maximum atomic E-state index is 12.0. The van der Waals surface area contributed by atoms with Crippen molar-refractivity contribution in [1.29, 1.82) is 0 Å². The van der Waals surface area contributed by atoms with Crippen LogP contribution in [0.1, 0.15) is 24.5 Å². The van der Waals surface area contributed by atoms with Crippen LogP contribution in [-0.4, -0.2) is 27.3 Å². The number of benzene rings is 1. The van der Waals surface area contributed by atoms with Gasteiger partial charge in [-0.05, 0) is 25.0 Å². The summed E-state index contributed by atoms with van der Waals surface area (Å²) < 4.78 is 5.63. The first kappa shape index (κ1) is 17.6. The fourth-order valence-electron chi connectivity index (χ4n) is 2.52. The molecule has 138 valence electrons.